The van der Waals surface area contributed by atoms with E-state index in [0.717, 1.165) is 5.75 Å². The van der Waals surface area contributed by atoms with Crippen molar-refractivity contribution in [1.82, 2.24) is 0 Å². The van der Waals surface area contributed by atoms with Gasteiger partial charge in [0.2, 0.25) is 0 Å². The van der Waals surface area contributed by atoms with Crippen LogP contribution in [0.4, 0.5) is 0 Å². The summed E-state index contributed by atoms with van der Waals surface area (Å²) < 4.78 is 0. The number of hydrogen-bond acceptors (Lipinski definition) is 3. The van der Waals surface area contributed by atoms with Gasteiger partial charge in [0, 0.05) is 0 Å². The fourth-order valence-electron chi connectivity index (χ4n) is 0.368. The van der Waals surface area contributed by atoms with Crippen molar-refractivity contribution in [1.29, 1.82) is 0 Å². The molecule has 0 unspecified atom stereocenters. The molecular weight excluding hydrogens is 363 g/mol. The summed E-state index contributed by atoms with van der Waals surface area (Å²) in [5.41, 5.74) is 5.19. The smallest absolute Gasteiger partial charge is 1.00 e. The van der Waals surface area contributed by atoms with E-state index >= 15 is 0 Å². The number of halogens is 2. The maximum absolute atomic E-state index is 10.1. The van der Waals surface area contributed by atoms with E-state index in [-0.39, 0.29) is 53.4 Å². The van der Waals surface area contributed by atoms with Crippen LogP contribution < -0.4 is 39.7 Å². The van der Waals surface area contributed by atoms with E-state index in [4.69, 9.17) is 10.8 Å². The van der Waals surface area contributed by atoms with E-state index in [0.29, 0.717) is 6.42 Å². The Morgan fingerprint density at radius 1 is 1.58 bits per heavy atom. The monoisotopic (exact) mass is 371 g/mol. The van der Waals surface area contributed by atoms with E-state index in [2.05, 4.69) is 0 Å². The molecule has 0 fully saturated rings. The molecular formula is C5H11Br2NO2SZn. The average Bonchev–Trinajstić information content (AvgIpc) is 1.82. The van der Waals surface area contributed by atoms with Gasteiger partial charge in [-0.05, 0) is 18.4 Å². The zero-order valence-electron chi connectivity index (χ0n) is 6.80. The number of thioether (sulfide) groups is 1. The molecule has 0 bridgehead atoms. The summed E-state index contributed by atoms with van der Waals surface area (Å²) in [6.45, 7) is 0. The number of nitrogens with two attached hydrogens (primary N) is 1. The summed E-state index contributed by atoms with van der Waals surface area (Å²) in [7, 11) is 0. The predicted octanol–water partition coefficient (Wildman–Crippen LogP) is -5.84. The molecule has 0 rings (SSSR count). The average molecular weight is 374 g/mol. The molecule has 7 heteroatoms. The fraction of sp³-hybridized carbons (Fsp3) is 0.800. The summed E-state index contributed by atoms with van der Waals surface area (Å²) >= 11 is 1.60. The Bertz CT molecular complexity index is 109. The SMILES string of the molecule is CSCC[C@H](N)C(=O)O.[Br-].[Br-].[Zn+2]. The van der Waals surface area contributed by atoms with E-state index in [9.17, 15) is 4.79 Å². The van der Waals surface area contributed by atoms with Gasteiger partial charge in [-0.25, -0.2) is 0 Å². The molecule has 0 radical (unpaired) electrons. The first-order valence-corrected chi connectivity index (χ1v) is 4.05. The van der Waals surface area contributed by atoms with Crippen molar-refractivity contribution in [2.75, 3.05) is 12.0 Å². The van der Waals surface area contributed by atoms with Crippen LogP contribution in [0.5, 0.6) is 0 Å². The molecule has 3 N–H and O–H groups in total. The summed E-state index contributed by atoms with van der Waals surface area (Å²) in [6.07, 6.45) is 2.48. The molecule has 0 saturated carbocycles. The van der Waals surface area contributed by atoms with Crippen LogP contribution in [0.25, 0.3) is 0 Å². The van der Waals surface area contributed by atoms with Crippen LogP contribution in [-0.4, -0.2) is 29.1 Å². The molecule has 0 heterocycles. The van der Waals surface area contributed by atoms with Gasteiger partial charge in [0.25, 0.3) is 0 Å². The van der Waals surface area contributed by atoms with E-state index in [1.807, 2.05) is 6.26 Å². The van der Waals surface area contributed by atoms with Gasteiger partial charge >= 0.3 is 25.4 Å². The van der Waals surface area contributed by atoms with Gasteiger partial charge in [-0.3, -0.25) is 4.79 Å². The first-order chi connectivity index (χ1) is 4.18. The minimum absolute atomic E-state index is 0. The zero-order valence-corrected chi connectivity index (χ0v) is 13.8. The molecule has 12 heavy (non-hydrogen) atoms. The molecule has 0 aliphatic rings. The summed E-state index contributed by atoms with van der Waals surface area (Å²) in [6, 6.07) is -0.683. The second-order valence-electron chi connectivity index (χ2n) is 1.73. The number of aliphatic carboxylic acids is 1. The number of carboxylic acid groups (broad SMARTS) is 1. The molecule has 0 aliphatic heterocycles. The van der Waals surface area contributed by atoms with E-state index in [1.165, 1.54) is 0 Å². The van der Waals surface area contributed by atoms with Gasteiger partial charge in [-0.2, -0.15) is 11.8 Å². The minimum Gasteiger partial charge on any atom is -1.00 e. The quantitative estimate of drug-likeness (QED) is 0.482. The second-order valence-corrected chi connectivity index (χ2v) is 2.71. The first-order valence-electron chi connectivity index (χ1n) is 2.65. The third-order valence-corrected chi connectivity index (χ3v) is 1.59. The molecule has 0 saturated heterocycles. The van der Waals surface area contributed by atoms with Crippen LogP contribution in [0.3, 0.4) is 0 Å². The van der Waals surface area contributed by atoms with Crippen molar-refractivity contribution >= 4 is 17.7 Å². The summed E-state index contributed by atoms with van der Waals surface area (Å²) in [5.74, 6) is -0.1000. The summed E-state index contributed by atoms with van der Waals surface area (Å²) in [5, 5.41) is 8.27. The Balaban J connectivity index is -0.000000107. The molecule has 1 atom stereocenters. The first kappa shape index (κ1) is 23.3. The van der Waals surface area contributed by atoms with Gasteiger partial charge in [-0.1, -0.05) is 0 Å². The topological polar surface area (TPSA) is 63.3 Å². The van der Waals surface area contributed by atoms with E-state index in [1.54, 1.807) is 11.8 Å². The van der Waals surface area contributed by atoms with Crippen molar-refractivity contribution in [3.05, 3.63) is 0 Å². The van der Waals surface area contributed by atoms with Crippen molar-refractivity contribution in [2.24, 2.45) is 5.73 Å². The normalized spacial score (nSPS) is 9.83. The van der Waals surface area contributed by atoms with Gasteiger partial charge in [-0.15, -0.1) is 0 Å². The molecule has 0 amide bonds. The maximum atomic E-state index is 10.1. The van der Waals surface area contributed by atoms with Crippen LogP contribution in [0.2, 0.25) is 0 Å². The van der Waals surface area contributed by atoms with Crippen molar-refractivity contribution < 1.29 is 63.3 Å². The Morgan fingerprint density at radius 3 is 2.25 bits per heavy atom. The Labute approximate surface area is 111 Å². The van der Waals surface area contributed by atoms with Crippen LogP contribution >= 0.6 is 11.8 Å². The number of hydrogen-bond donors (Lipinski definition) is 2. The third kappa shape index (κ3) is 13.9. The number of carboxylic acids is 1. The molecule has 0 aliphatic carbocycles. The van der Waals surface area contributed by atoms with Crippen LogP contribution in [0.1, 0.15) is 6.42 Å². The van der Waals surface area contributed by atoms with Gasteiger partial charge in [0.05, 0.1) is 0 Å². The number of carbonyl (C=O) groups is 1. The molecule has 0 aromatic rings. The fourth-order valence-corrected chi connectivity index (χ4v) is 0.858. The maximum Gasteiger partial charge on any atom is 2.00 e. The van der Waals surface area contributed by atoms with Crippen molar-refractivity contribution in [2.45, 2.75) is 12.5 Å². The van der Waals surface area contributed by atoms with Crippen LogP contribution in [-0.2, 0) is 24.3 Å². The van der Waals surface area contributed by atoms with Crippen LogP contribution in [0.15, 0.2) is 0 Å². The van der Waals surface area contributed by atoms with Crippen LogP contribution in [0, 0.1) is 0 Å². The molecule has 0 aromatic heterocycles. The zero-order chi connectivity index (χ0) is 7.28. The Kier molecular flexibility index (Phi) is 28.9. The summed E-state index contributed by atoms with van der Waals surface area (Å²) in [4.78, 5) is 10.1. The van der Waals surface area contributed by atoms with Gasteiger partial charge in [0.1, 0.15) is 6.04 Å². The minimum atomic E-state index is -0.913. The van der Waals surface area contributed by atoms with Gasteiger partial charge < -0.3 is 44.8 Å². The molecule has 0 aromatic carbocycles. The van der Waals surface area contributed by atoms with E-state index < -0.39 is 12.0 Å². The molecule has 70 valence electrons. The number of rotatable bonds is 4. The largest absolute Gasteiger partial charge is 2.00 e. The van der Waals surface area contributed by atoms with Gasteiger partial charge in [0.15, 0.2) is 0 Å². The van der Waals surface area contributed by atoms with Crippen molar-refractivity contribution in [3.63, 3.8) is 0 Å². The second kappa shape index (κ2) is 14.9. The third-order valence-electron chi connectivity index (χ3n) is 0.950. The standard InChI is InChI=1S/C5H11NO2S.2BrH.Zn/c1-9-3-2-4(6)5(7)8;;;/h4H,2-3,6H2,1H3,(H,7,8);2*1H;/q;;;+2/p-2/t4-;;;/m0.../s1. The predicted molar refractivity (Wildman–Crippen MR) is 38.6 cm³/mol. The Morgan fingerprint density at radius 2 is 2.00 bits per heavy atom. The van der Waals surface area contributed by atoms with Crippen molar-refractivity contribution in [3.8, 4) is 0 Å². The molecule has 0 spiro atoms. The molecule has 3 nitrogen and oxygen atoms in total. The Hall–Kier alpha value is 1.36.